The average Bonchev–Trinajstić information content (AvgIpc) is 3.15. The van der Waals surface area contributed by atoms with Crippen LogP contribution in [0.2, 0.25) is 0 Å². The van der Waals surface area contributed by atoms with Crippen LogP contribution in [0.1, 0.15) is 36.5 Å². The van der Waals surface area contributed by atoms with E-state index in [2.05, 4.69) is 20.6 Å². The molecule has 4 rings (SSSR count). The Balaban J connectivity index is 1.61. The zero-order valence-electron chi connectivity index (χ0n) is 18.4. The van der Waals surface area contributed by atoms with Gasteiger partial charge in [-0.15, -0.1) is 5.10 Å². The zero-order valence-corrected chi connectivity index (χ0v) is 18.4. The molecule has 172 valence electrons. The van der Waals surface area contributed by atoms with Gasteiger partial charge in [0.25, 0.3) is 0 Å². The van der Waals surface area contributed by atoms with Gasteiger partial charge in [-0.05, 0) is 41.1 Å². The minimum Gasteiger partial charge on any atom is -0.489 e. The molecule has 11 heteroatoms. The maximum absolute atomic E-state index is 14.3. The Kier molecular flexibility index (Phi) is 6.29. The first-order valence-corrected chi connectivity index (χ1v) is 10.4. The Labute approximate surface area is 187 Å². The van der Waals surface area contributed by atoms with E-state index in [9.17, 15) is 13.6 Å². The van der Waals surface area contributed by atoms with Gasteiger partial charge < -0.3 is 9.47 Å². The summed E-state index contributed by atoms with van der Waals surface area (Å²) in [6, 6.07) is 7.51. The summed E-state index contributed by atoms with van der Waals surface area (Å²) in [6.45, 7) is 4.00. The van der Waals surface area contributed by atoms with Crippen molar-refractivity contribution in [2.24, 2.45) is 17.3 Å². The normalized spacial score (nSPS) is 14.8. The molecule has 2 aromatic carbocycles. The van der Waals surface area contributed by atoms with Crippen LogP contribution in [0.15, 0.2) is 45.3 Å². The van der Waals surface area contributed by atoms with Gasteiger partial charge in [0, 0.05) is 25.5 Å². The third-order valence-electron chi connectivity index (χ3n) is 5.24. The highest BCUT2D eigenvalue weighted by Gasteiger charge is 2.24. The molecule has 0 N–H and O–H groups in total. The van der Waals surface area contributed by atoms with Gasteiger partial charge >= 0.3 is 5.69 Å². The van der Waals surface area contributed by atoms with Crippen LogP contribution < -0.4 is 10.4 Å². The predicted octanol–water partition coefficient (Wildman–Crippen LogP) is 3.06. The quantitative estimate of drug-likeness (QED) is 0.334. The molecular weight excluding hydrogens is 434 g/mol. The number of rotatable bonds is 5. The number of tetrazole rings is 1. The lowest BCUT2D eigenvalue weighted by atomic mass is 10.0. The SMILES string of the molecule is CCC(=NN=C1CCOc2c(F)ccc(F)c21)OCc1c(C)cccc1-n1nnn(C)c1=O. The minimum absolute atomic E-state index is 0.0244. The van der Waals surface area contributed by atoms with E-state index < -0.39 is 11.6 Å². The molecule has 0 spiro atoms. The van der Waals surface area contributed by atoms with E-state index in [0.29, 0.717) is 18.0 Å². The summed E-state index contributed by atoms with van der Waals surface area (Å²) in [5.41, 5.74) is 2.05. The van der Waals surface area contributed by atoms with Gasteiger partial charge in [0.05, 0.1) is 23.6 Å². The smallest absolute Gasteiger partial charge is 0.368 e. The molecule has 0 saturated heterocycles. The van der Waals surface area contributed by atoms with Gasteiger partial charge in [-0.2, -0.15) is 14.5 Å². The third-order valence-corrected chi connectivity index (χ3v) is 5.24. The number of halogens is 2. The number of nitrogens with zero attached hydrogens (tertiary/aromatic N) is 6. The first-order valence-electron chi connectivity index (χ1n) is 10.4. The molecule has 2 heterocycles. The second-order valence-corrected chi connectivity index (χ2v) is 7.38. The summed E-state index contributed by atoms with van der Waals surface area (Å²) in [5, 5.41) is 15.9. The maximum atomic E-state index is 14.3. The lowest BCUT2D eigenvalue weighted by Gasteiger charge is -2.19. The topological polar surface area (TPSA) is 95.9 Å². The van der Waals surface area contributed by atoms with Crippen molar-refractivity contribution in [1.29, 1.82) is 0 Å². The summed E-state index contributed by atoms with van der Waals surface area (Å²) in [6.07, 6.45) is 0.698. The number of ether oxygens (including phenoxy) is 2. The van der Waals surface area contributed by atoms with E-state index in [0.717, 1.165) is 27.9 Å². The van der Waals surface area contributed by atoms with Gasteiger partial charge in [0.2, 0.25) is 5.90 Å². The molecule has 0 bridgehead atoms. The molecule has 1 aliphatic heterocycles. The van der Waals surface area contributed by atoms with Crippen molar-refractivity contribution in [1.82, 2.24) is 19.8 Å². The Morgan fingerprint density at radius 3 is 2.73 bits per heavy atom. The molecule has 0 atom stereocenters. The molecule has 1 aliphatic rings. The molecule has 3 aromatic rings. The highest BCUT2D eigenvalue weighted by atomic mass is 19.1. The second-order valence-electron chi connectivity index (χ2n) is 7.38. The second kappa shape index (κ2) is 9.31. The Hall–Kier alpha value is -3.89. The predicted molar refractivity (Wildman–Crippen MR) is 117 cm³/mol. The van der Waals surface area contributed by atoms with Crippen LogP contribution in [-0.4, -0.2) is 38.0 Å². The summed E-state index contributed by atoms with van der Waals surface area (Å²) in [4.78, 5) is 12.3. The number of aryl methyl sites for hydroxylation is 2. The van der Waals surface area contributed by atoms with E-state index >= 15 is 0 Å². The fourth-order valence-electron chi connectivity index (χ4n) is 3.43. The van der Waals surface area contributed by atoms with Crippen molar-refractivity contribution in [2.45, 2.75) is 33.3 Å². The minimum atomic E-state index is -0.652. The molecule has 0 fully saturated rings. The van der Waals surface area contributed by atoms with Crippen molar-refractivity contribution < 1.29 is 18.3 Å². The number of aromatic nitrogens is 4. The van der Waals surface area contributed by atoms with Crippen LogP contribution in [-0.2, 0) is 18.4 Å². The van der Waals surface area contributed by atoms with Gasteiger partial charge in [-0.25, -0.2) is 13.6 Å². The van der Waals surface area contributed by atoms with E-state index in [1.165, 1.54) is 11.7 Å². The molecule has 9 nitrogen and oxygen atoms in total. The van der Waals surface area contributed by atoms with Gasteiger partial charge in [0.15, 0.2) is 11.6 Å². The summed E-state index contributed by atoms with van der Waals surface area (Å²) in [5.74, 6) is -1.14. The van der Waals surface area contributed by atoms with Gasteiger partial charge in [-0.1, -0.05) is 19.1 Å². The summed E-state index contributed by atoms with van der Waals surface area (Å²) in [7, 11) is 1.52. The van der Waals surface area contributed by atoms with Crippen molar-refractivity contribution in [3.05, 3.63) is 69.1 Å². The monoisotopic (exact) mass is 456 g/mol. The highest BCUT2D eigenvalue weighted by Crippen LogP contribution is 2.30. The molecule has 33 heavy (non-hydrogen) atoms. The van der Waals surface area contributed by atoms with Crippen LogP contribution >= 0.6 is 0 Å². The van der Waals surface area contributed by atoms with Crippen molar-refractivity contribution in [3.8, 4) is 11.4 Å². The standard InChI is InChI=1S/C22H22F2N6O3/c1-4-19(26-25-17-10-11-32-21-16(24)9-8-15(23)20(17)21)33-12-14-13(2)6-5-7-18(14)30-22(31)29(3)27-28-30/h5-9H,4,10-12H2,1-3H3. The van der Waals surface area contributed by atoms with Gasteiger partial charge in [-0.3, -0.25) is 0 Å². The lowest BCUT2D eigenvalue weighted by molar-refractivity contribution is 0.282. The molecule has 0 unspecified atom stereocenters. The largest absolute Gasteiger partial charge is 0.489 e. The van der Waals surface area contributed by atoms with E-state index in [-0.39, 0.29) is 42.3 Å². The van der Waals surface area contributed by atoms with Crippen LogP contribution in [0, 0.1) is 18.6 Å². The number of hydrogen-bond donors (Lipinski definition) is 0. The van der Waals surface area contributed by atoms with E-state index in [1.54, 1.807) is 6.07 Å². The molecular formula is C22H22F2N6O3. The van der Waals surface area contributed by atoms with Crippen molar-refractivity contribution >= 4 is 11.6 Å². The fraction of sp³-hybridized carbons (Fsp3) is 0.318. The van der Waals surface area contributed by atoms with E-state index in [4.69, 9.17) is 9.47 Å². The van der Waals surface area contributed by atoms with E-state index in [1.807, 2.05) is 26.0 Å². The summed E-state index contributed by atoms with van der Waals surface area (Å²) < 4.78 is 41.8. The Morgan fingerprint density at radius 1 is 1.21 bits per heavy atom. The lowest BCUT2D eigenvalue weighted by Crippen LogP contribution is -2.23. The van der Waals surface area contributed by atoms with Gasteiger partial charge in [0.1, 0.15) is 12.4 Å². The van der Waals surface area contributed by atoms with Crippen molar-refractivity contribution in [2.75, 3.05) is 6.61 Å². The zero-order chi connectivity index (χ0) is 23.5. The average molecular weight is 456 g/mol. The summed E-state index contributed by atoms with van der Waals surface area (Å²) >= 11 is 0. The molecule has 0 aliphatic carbocycles. The van der Waals surface area contributed by atoms with Crippen molar-refractivity contribution in [3.63, 3.8) is 0 Å². The fourth-order valence-corrected chi connectivity index (χ4v) is 3.43. The molecule has 0 amide bonds. The Bertz CT molecular complexity index is 1310. The molecule has 0 saturated carbocycles. The first-order chi connectivity index (χ1) is 15.9. The maximum Gasteiger partial charge on any atom is 0.368 e. The number of hydrogen-bond acceptors (Lipinski definition) is 7. The number of benzene rings is 2. The third kappa shape index (κ3) is 4.38. The molecule has 1 aromatic heterocycles. The van der Waals surface area contributed by atoms with Crippen LogP contribution in [0.4, 0.5) is 8.78 Å². The number of fused-ring (bicyclic) bond motifs is 1. The first kappa shape index (κ1) is 22.3. The Morgan fingerprint density at radius 2 is 2.00 bits per heavy atom. The molecule has 0 radical (unpaired) electrons. The van der Waals surface area contributed by atoms with Crippen LogP contribution in [0.25, 0.3) is 5.69 Å². The van der Waals surface area contributed by atoms with Crippen LogP contribution in [0.5, 0.6) is 5.75 Å². The highest BCUT2D eigenvalue weighted by molar-refractivity contribution is 6.04. The van der Waals surface area contributed by atoms with Crippen LogP contribution in [0.3, 0.4) is 0 Å².